The predicted octanol–water partition coefficient (Wildman–Crippen LogP) is 6.76. The minimum Gasteiger partial charge on any atom is -0.378 e. The van der Waals surface area contributed by atoms with Crippen LogP contribution >= 0.6 is 11.6 Å². The van der Waals surface area contributed by atoms with Crippen LogP contribution in [0, 0.1) is 5.82 Å². The van der Waals surface area contributed by atoms with Gasteiger partial charge in [-0.25, -0.2) is 9.18 Å². The number of benzene rings is 3. The Hall–Kier alpha value is -4.22. The molecule has 1 aliphatic heterocycles. The Labute approximate surface area is 230 Å². The number of carbonyl (C=O) groups excluding carboxylic acids is 2. The van der Waals surface area contributed by atoms with Gasteiger partial charge in [0, 0.05) is 41.0 Å². The number of fused-ring (bicyclic) bond motifs is 1. The van der Waals surface area contributed by atoms with Gasteiger partial charge in [-0.05, 0) is 60.7 Å². The van der Waals surface area contributed by atoms with Crippen LogP contribution in [-0.4, -0.2) is 43.1 Å². The number of carbonyl (C=O) groups is 2. The topological polar surface area (TPSA) is 83.6 Å². The average Bonchev–Trinajstić information content (AvgIpc) is 2.92. The van der Waals surface area contributed by atoms with Crippen LogP contribution in [0.2, 0.25) is 5.02 Å². The molecule has 3 aromatic carbocycles. The van der Waals surface area contributed by atoms with Gasteiger partial charge in [0.05, 0.1) is 41.2 Å². The fraction of sp³-hybridized carbons (Fsp3) is 0.179. The van der Waals surface area contributed by atoms with Gasteiger partial charge in [0.15, 0.2) is 5.78 Å². The van der Waals surface area contributed by atoms with Gasteiger partial charge in [-0.15, -0.1) is 0 Å². The van der Waals surface area contributed by atoms with E-state index in [1.54, 1.807) is 24.4 Å². The molecule has 2 amide bonds. The number of amides is 2. The molecule has 0 radical (unpaired) electrons. The molecule has 2 heterocycles. The summed E-state index contributed by atoms with van der Waals surface area (Å²) in [6, 6.07) is 12.1. The summed E-state index contributed by atoms with van der Waals surface area (Å²) in [5, 5.41) is 4.80. The van der Waals surface area contributed by atoms with Crippen molar-refractivity contribution in [1.29, 1.82) is 0 Å². The second kappa shape index (κ2) is 11.1. The van der Waals surface area contributed by atoms with E-state index in [-0.39, 0.29) is 22.5 Å². The number of aromatic nitrogens is 1. The molecule has 1 aliphatic rings. The summed E-state index contributed by atoms with van der Waals surface area (Å²) in [4.78, 5) is 32.3. The molecule has 0 saturated carbocycles. The minimum absolute atomic E-state index is 0.0298. The lowest BCUT2D eigenvalue weighted by Crippen LogP contribution is -2.36. The van der Waals surface area contributed by atoms with Crippen LogP contribution in [-0.2, 0) is 10.9 Å². The molecule has 1 aromatic heterocycles. The summed E-state index contributed by atoms with van der Waals surface area (Å²) in [5.41, 5.74) is 0.474. The number of hydrogen-bond acceptors (Lipinski definition) is 5. The predicted molar refractivity (Wildman–Crippen MR) is 144 cm³/mol. The highest BCUT2D eigenvalue weighted by atomic mass is 35.5. The van der Waals surface area contributed by atoms with Gasteiger partial charge in [0.1, 0.15) is 5.82 Å². The van der Waals surface area contributed by atoms with Crippen LogP contribution < -0.4 is 15.5 Å². The van der Waals surface area contributed by atoms with Crippen molar-refractivity contribution in [2.45, 2.75) is 6.18 Å². The van der Waals surface area contributed by atoms with Gasteiger partial charge in [0.2, 0.25) is 0 Å². The third-order valence-corrected chi connectivity index (χ3v) is 6.58. The zero-order valence-electron chi connectivity index (χ0n) is 20.7. The van der Waals surface area contributed by atoms with Gasteiger partial charge in [-0.1, -0.05) is 11.6 Å². The summed E-state index contributed by atoms with van der Waals surface area (Å²) in [5.74, 6) is -1.28. The van der Waals surface area contributed by atoms with Gasteiger partial charge in [-0.3, -0.25) is 9.78 Å². The highest BCUT2D eigenvalue weighted by Gasteiger charge is 2.33. The zero-order chi connectivity index (χ0) is 28.4. The van der Waals surface area contributed by atoms with Crippen molar-refractivity contribution in [3.63, 3.8) is 0 Å². The van der Waals surface area contributed by atoms with Crippen molar-refractivity contribution < 1.29 is 31.9 Å². The number of alkyl halides is 3. The van der Waals surface area contributed by atoms with E-state index in [1.807, 2.05) is 6.07 Å². The average molecular weight is 573 g/mol. The van der Waals surface area contributed by atoms with Crippen LogP contribution in [0.25, 0.3) is 10.9 Å². The highest BCUT2D eigenvalue weighted by Crippen LogP contribution is 2.36. The fourth-order valence-corrected chi connectivity index (χ4v) is 4.55. The van der Waals surface area contributed by atoms with Crippen molar-refractivity contribution in [2.75, 3.05) is 41.8 Å². The molecule has 0 atom stereocenters. The number of urea groups is 1. The maximum atomic E-state index is 14.4. The van der Waals surface area contributed by atoms with Crippen molar-refractivity contribution in [2.24, 2.45) is 0 Å². The van der Waals surface area contributed by atoms with E-state index in [4.69, 9.17) is 16.3 Å². The summed E-state index contributed by atoms with van der Waals surface area (Å²) >= 11 is 5.61. The zero-order valence-corrected chi connectivity index (χ0v) is 21.4. The smallest absolute Gasteiger partial charge is 0.378 e. The van der Waals surface area contributed by atoms with E-state index in [0.29, 0.717) is 24.8 Å². The van der Waals surface area contributed by atoms with Crippen LogP contribution in [0.5, 0.6) is 0 Å². The summed E-state index contributed by atoms with van der Waals surface area (Å²) in [7, 11) is 0. The third kappa shape index (κ3) is 6.16. The molecule has 206 valence electrons. The molecule has 0 aliphatic carbocycles. The first-order chi connectivity index (χ1) is 19.1. The number of nitrogens with one attached hydrogen (secondary N) is 2. The first-order valence-electron chi connectivity index (χ1n) is 12.1. The van der Waals surface area contributed by atoms with Crippen molar-refractivity contribution >= 4 is 51.4 Å². The van der Waals surface area contributed by atoms with E-state index in [9.17, 15) is 27.2 Å². The summed E-state index contributed by atoms with van der Waals surface area (Å²) < 4.78 is 59.2. The lowest BCUT2D eigenvalue weighted by Gasteiger charge is -2.28. The van der Waals surface area contributed by atoms with E-state index >= 15 is 0 Å². The molecule has 0 bridgehead atoms. The Balaban J connectivity index is 1.34. The Morgan fingerprint density at radius 3 is 2.40 bits per heavy atom. The molecule has 4 aromatic rings. The standard InChI is InChI=1S/C28H21ClF4N4O3/c29-24-3-2-20(14-23(24)28(31,32)33)35-27(39)36-21-11-18(10-19(30)13-21)26(38)16-1-4-25-17(9-16)12-22(15-34-25)37-5-7-40-8-6-37/h1-4,9-15H,5-8H2,(H2,35,36,39). The molecular formula is C28H21ClF4N4O3. The van der Waals surface area contributed by atoms with E-state index in [0.717, 1.165) is 42.4 Å². The number of ketones is 1. The Morgan fingerprint density at radius 2 is 1.65 bits per heavy atom. The number of morpholine rings is 1. The van der Waals surface area contributed by atoms with Crippen molar-refractivity contribution in [3.8, 4) is 0 Å². The molecular weight excluding hydrogens is 552 g/mol. The summed E-state index contributed by atoms with van der Waals surface area (Å²) in [6.07, 6.45) is -2.95. The molecule has 2 N–H and O–H groups in total. The normalized spacial score (nSPS) is 13.8. The highest BCUT2D eigenvalue weighted by molar-refractivity contribution is 6.31. The van der Waals surface area contributed by atoms with Crippen LogP contribution in [0.3, 0.4) is 0 Å². The second-order valence-electron chi connectivity index (χ2n) is 9.03. The van der Waals surface area contributed by atoms with E-state index < -0.39 is 34.4 Å². The number of rotatable bonds is 5. The van der Waals surface area contributed by atoms with E-state index in [2.05, 4.69) is 20.5 Å². The number of pyridine rings is 1. The fourth-order valence-electron chi connectivity index (χ4n) is 4.33. The minimum atomic E-state index is -4.72. The van der Waals surface area contributed by atoms with Crippen LogP contribution in [0.15, 0.2) is 66.9 Å². The summed E-state index contributed by atoms with van der Waals surface area (Å²) in [6.45, 7) is 2.66. The first-order valence-corrected chi connectivity index (χ1v) is 12.5. The molecule has 0 unspecified atom stereocenters. The first kappa shape index (κ1) is 27.4. The number of ether oxygens (including phenoxy) is 1. The van der Waals surface area contributed by atoms with Gasteiger partial charge >= 0.3 is 12.2 Å². The molecule has 7 nitrogen and oxygen atoms in total. The number of anilines is 3. The SMILES string of the molecule is O=C(Nc1cc(F)cc(C(=O)c2ccc3ncc(N4CCOCC4)cc3c2)c1)Nc1ccc(Cl)c(C(F)(F)F)c1. The number of hydrogen-bond donors (Lipinski definition) is 2. The number of nitrogens with zero attached hydrogens (tertiary/aromatic N) is 2. The molecule has 1 saturated heterocycles. The maximum Gasteiger partial charge on any atom is 0.417 e. The van der Waals surface area contributed by atoms with Gasteiger partial charge in [-0.2, -0.15) is 13.2 Å². The van der Waals surface area contributed by atoms with Gasteiger partial charge in [0.25, 0.3) is 0 Å². The largest absolute Gasteiger partial charge is 0.417 e. The van der Waals surface area contributed by atoms with Crippen molar-refractivity contribution in [1.82, 2.24) is 4.98 Å². The lowest BCUT2D eigenvalue weighted by molar-refractivity contribution is -0.137. The second-order valence-corrected chi connectivity index (χ2v) is 9.44. The molecule has 40 heavy (non-hydrogen) atoms. The monoisotopic (exact) mass is 572 g/mol. The van der Waals surface area contributed by atoms with Crippen LogP contribution in [0.4, 0.5) is 39.4 Å². The quantitative estimate of drug-likeness (QED) is 0.204. The Kier molecular flexibility index (Phi) is 7.59. The Morgan fingerprint density at radius 1 is 0.900 bits per heavy atom. The molecule has 12 heteroatoms. The maximum absolute atomic E-state index is 14.4. The van der Waals surface area contributed by atoms with Crippen LogP contribution in [0.1, 0.15) is 21.5 Å². The lowest BCUT2D eigenvalue weighted by atomic mass is 10.0. The molecule has 5 rings (SSSR count). The molecule has 0 spiro atoms. The Bertz CT molecular complexity index is 1610. The molecule has 1 fully saturated rings. The van der Waals surface area contributed by atoms with Gasteiger partial charge < -0.3 is 20.3 Å². The van der Waals surface area contributed by atoms with Crippen molar-refractivity contribution in [3.05, 3.63) is 94.4 Å². The van der Waals surface area contributed by atoms with E-state index in [1.165, 1.54) is 12.1 Å². The number of halogens is 5. The third-order valence-electron chi connectivity index (χ3n) is 6.25.